The third-order valence-corrected chi connectivity index (χ3v) is 7.08. The van der Waals surface area contributed by atoms with Gasteiger partial charge in [0, 0.05) is 40.6 Å². The lowest BCUT2D eigenvalue weighted by Gasteiger charge is -2.24. The van der Waals surface area contributed by atoms with Crippen LogP contribution < -0.4 is 4.90 Å². The van der Waals surface area contributed by atoms with Crippen LogP contribution in [0, 0.1) is 20.8 Å². The fourth-order valence-corrected chi connectivity index (χ4v) is 5.23. The van der Waals surface area contributed by atoms with E-state index in [2.05, 4.69) is 10.1 Å². The van der Waals surface area contributed by atoms with E-state index in [1.807, 2.05) is 33.8 Å². The average Bonchev–Trinajstić information content (AvgIpc) is 2.99. The van der Waals surface area contributed by atoms with Crippen LogP contribution in [0.4, 0.5) is 18.9 Å². The SMILES string of the molecule is Cc1cc2nc(C)c(CCC(=O)N3CCC(C)Sc4ccc(C(F)(F)F)cc43)c(C)n2n1. The van der Waals surface area contributed by atoms with E-state index in [0.717, 1.165) is 40.4 Å². The van der Waals surface area contributed by atoms with Crippen molar-refractivity contribution in [1.29, 1.82) is 0 Å². The van der Waals surface area contributed by atoms with Gasteiger partial charge in [0.2, 0.25) is 5.91 Å². The fraction of sp³-hybridized carbons (Fsp3) is 0.435. The molecular formula is C23H25F3N4OS. The summed E-state index contributed by atoms with van der Waals surface area (Å²) >= 11 is 1.51. The van der Waals surface area contributed by atoms with Crippen LogP contribution in [0.15, 0.2) is 29.2 Å². The van der Waals surface area contributed by atoms with Crippen molar-refractivity contribution in [2.45, 2.75) is 63.3 Å². The van der Waals surface area contributed by atoms with Crippen molar-refractivity contribution in [3.8, 4) is 0 Å². The minimum Gasteiger partial charge on any atom is -0.311 e. The first-order chi connectivity index (χ1) is 15.0. The van der Waals surface area contributed by atoms with Crippen LogP contribution in [0.1, 0.15) is 48.0 Å². The highest BCUT2D eigenvalue weighted by Gasteiger charge is 2.33. The summed E-state index contributed by atoms with van der Waals surface area (Å²) in [5.41, 5.74) is 3.94. The van der Waals surface area contributed by atoms with Crippen molar-refractivity contribution in [2.75, 3.05) is 11.4 Å². The molecule has 0 radical (unpaired) electrons. The van der Waals surface area contributed by atoms with E-state index in [-0.39, 0.29) is 17.6 Å². The van der Waals surface area contributed by atoms with Gasteiger partial charge in [-0.05, 0) is 57.4 Å². The Morgan fingerprint density at radius 1 is 1.22 bits per heavy atom. The number of rotatable bonds is 3. The Balaban J connectivity index is 1.62. The topological polar surface area (TPSA) is 50.5 Å². The maximum atomic E-state index is 13.3. The zero-order valence-electron chi connectivity index (χ0n) is 18.5. The van der Waals surface area contributed by atoms with Crippen LogP contribution in [0.25, 0.3) is 5.65 Å². The molecule has 3 heterocycles. The number of halogens is 3. The lowest BCUT2D eigenvalue weighted by atomic mass is 10.1. The van der Waals surface area contributed by atoms with Crippen molar-refractivity contribution in [3.05, 3.63) is 52.5 Å². The molecule has 5 nitrogen and oxygen atoms in total. The van der Waals surface area contributed by atoms with Crippen LogP contribution in [-0.2, 0) is 17.4 Å². The molecule has 0 bridgehead atoms. The number of anilines is 1. The molecule has 1 aliphatic heterocycles. The summed E-state index contributed by atoms with van der Waals surface area (Å²) in [7, 11) is 0. The number of carbonyl (C=O) groups is 1. The number of aryl methyl sites for hydroxylation is 3. The zero-order valence-corrected chi connectivity index (χ0v) is 19.3. The molecule has 32 heavy (non-hydrogen) atoms. The summed E-state index contributed by atoms with van der Waals surface area (Å²) in [5.74, 6) is -0.184. The van der Waals surface area contributed by atoms with E-state index in [9.17, 15) is 18.0 Å². The fourth-order valence-electron chi connectivity index (χ4n) is 4.14. The molecular weight excluding hydrogens is 437 g/mol. The smallest absolute Gasteiger partial charge is 0.311 e. The van der Waals surface area contributed by atoms with Crippen LogP contribution in [0.3, 0.4) is 0 Å². The predicted octanol–water partition coefficient (Wildman–Crippen LogP) is 5.52. The van der Waals surface area contributed by atoms with Gasteiger partial charge in [0.1, 0.15) is 0 Å². The number of hydrogen-bond acceptors (Lipinski definition) is 4. The molecule has 0 saturated carbocycles. The number of thioether (sulfide) groups is 1. The third kappa shape index (κ3) is 4.35. The molecule has 4 rings (SSSR count). The van der Waals surface area contributed by atoms with Crippen LogP contribution in [0.2, 0.25) is 0 Å². The second-order valence-electron chi connectivity index (χ2n) is 8.26. The highest BCUT2D eigenvalue weighted by molar-refractivity contribution is 8.00. The molecule has 1 aromatic carbocycles. The number of carbonyl (C=O) groups excluding carboxylic acids is 1. The molecule has 2 aromatic heterocycles. The molecule has 0 aliphatic carbocycles. The normalized spacial score (nSPS) is 16.8. The van der Waals surface area contributed by atoms with Crippen LogP contribution >= 0.6 is 11.8 Å². The molecule has 0 saturated heterocycles. The van der Waals surface area contributed by atoms with Gasteiger partial charge in [-0.25, -0.2) is 9.50 Å². The van der Waals surface area contributed by atoms with Gasteiger partial charge in [-0.15, -0.1) is 11.8 Å². The summed E-state index contributed by atoms with van der Waals surface area (Å²) in [6.07, 6.45) is -3.11. The van der Waals surface area contributed by atoms with Gasteiger partial charge in [-0.1, -0.05) is 6.92 Å². The van der Waals surface area contributed by atoms with Crippen molar-refractivity contribution in [1.82, 2.24) is 14.6 Å². The Hall–Kier alpha value is -2.55. The lowest BCUT2D eigenvalue weighted by molar-refractivity contribution is -0.137. The number of fused-ring (bicyclic) bond motifs is 2. The molecule has 0 N–H and O–H groups in total. The Morgan fingerprint density at radius 3 is 2.69 bits per heavy atom. The van der Waals surface area contributed by atoms with Crippen molar-refractivity contribution in [3.63, 3.8) is 0 Å². The second-order valence-corrected chi connectivity index (χ2v) is 9.74. The van der Waals surface area contributed by atoms with Gasteiger partial charge < -0.3 is 4.90 Å². The molecule has 1 atom stereocenters. The summed E-state index contributed by atoms with van der Waals surface area (Å²) in [6, 6.07) is 5.58. The molecule has 1 aliphatic rings. The molecule has 3 aromatic rings. The number of nitrogens with zero attached hydrogens (tertiary/aromatic N) is 4. The van der Waals surface area contributed by atoms with Crippen molar-refractivity contribution in [2.24, 2.45) is 0 Å². The largest absolute Gasteiger partial charge is 0.416 e. The van der Waals surface area contributed by atoms with Crippen molar-refractivity contribution < 1.29 is 18.0 Å². The summed E-state index contributed by atoms with van der Waals surface area (Å²) in [6.45, 7) is 8.18. The zero-order chi connectivity index (χ0) is 23.2. The van der Waals surface area contributed by atoms with Crippen LogP contribution in [0.5, 0.6) is 0 Å². The molecule has 1 unspecified atom stereocenters. The van der Waals surface area contributed by atoms with Gasteiger partial charge in [0.25, 0.3) is 0 Å². The lowest BCUT2D eigenvalue weighted by Crippen LogP contribution is -2.32. The maximum Gasteiger partial charge on any atom is 0.416 e. The first-order valence-electron chi connectivity index (χ1n) is 10.6. The van der Waals surface area contributed by atoms with E-state index < -0.39 is 11.7 Å². The van der Waals surface area contributed by atoms with E-state index >= 15 is 0 Å². The maximum absolute atomic E-state index is 13.3. The van der Waals surface area contributed by atoms with Gasteiger partial charge >= 0.3 is 6.18 Å². The number of amides is 1. The van der Waals surface area contributed by atoms with E-state index in [1.54, 1.807) is 4.52 Å². The predicted molar refractivity (Wildman–Crippen MR) is 119 cm³/mol. The molecule has 1 amide bonds. The highest BCUT2D eigenvalue weighted by Crippen LogP contribution is 2.41. The summed E-state index contributed by atoms with van der Waals surface area (Å²) in [5, 5.41) is 4.67. The Bertz CT molecular complexity index is 1190. The first-order valence-corrected chi connectivity index (χ1v) is 11.4. The quantitative estimate of drug-likeness (QED) is 0.514. The molecule has 9 heteroatoms. The van der Waals surface area contributed by atoms with Gasteiger partial charge in [0.05, 0.1) is 16.9 Å². The summed E-state index contributed by atoms with van der Waals surface area (Å²) in [4.78, 5) is 20.1. The van der Waals surface area contributed by atoms with E-state index in [1.165, 1.54) is 22.7 Å². The Labute approximate surface area is 189 Å². The first kappa shape index (κ1) is 22.6. The van der Waals surface area contributed by atoms with Crippen LogP contribution in [-0.4, -0.2) is 32.3 Å². The van der Waals surface area contributed by atoms with E-state index in [0.29, 0.717) is 30.0 Å². The summed E-state index contributed by atoms with van der Waals surface area (Å²) < 4.78 is 41.8. The number of alkyl halides is 3. The third-order valence-electron chi connectivity index (χ3n) is 5.84. The highest BCUT2D eigenvalue weighted by atomic mass is 32.2. The van der Waals surface area contributed by atoms with Gasteiger partial charge in [0.15, 0.2) is 5.65 Å². The van der Waals surface area contributed by atoms with Crippen molar-refractivity contribution >= 4 is 29.0 Å². The number of benzene rings is 1. The monoisotopic (exact) mass is 462 g/mol. The molecule has 170 valence electrons. The number of aromatic nitrogens is 3. The minimum atomic E-state index is -4.45. The molecule has 0 spiro atoms. The average molecular weight is 463 g/mol. The Kier molecular flexibility index (Phi) is 5.96. The standard InChI is InChI=1S/C23H25F3N4OS/c1-13-11-21-27-15(3)18(16(4)30(21)28-13)6-8-22(31)29-10-9-14(2)32-20-7-5-17(12-19(20)29)23(24,25)26/h5,7,11-12,14H,6,8-10H2,1-4H3. The Morgan fingerprint density at radius 2 is 1.97 bits per heavy atom. The number of hydrogen-bond donors (Lipinski definition) is 0. The minimum absolute atomic E-state index is 0.184. The van der Waals surface area contributed by atoms with E-state index in [4.69, 9.17) is 0 Å². The second kappa shape index (κ2) is 8.42. The van der Waals surface area contributed by atoms with Gasteiger partial charge in [-0.2, -0.15) is 18.3 Å². The van der Waals surface area contributed by atoms with Gasteiger partial charge in [-0.3, -0.25) is 4.79 Å². The molecule has 0 fully saturated rings.